The highest BCUT2D eigenvalue weighted by atomic mass is 19.4. The lowest BCUT2D eigenvalue weighted by molar-refractivity contribution is -0.138. The molecule has 9 heteroatoms. The average molecular weight is 505 g/mol. The molecular weight excluding hydrogens is 473 g/mol. The number of aliphatic carboxylic acids is 1. The van der Waals surface area contributed by atoms with Crippen molar-refractivity contribution in [2.75, 3.05) is 13.1 Å². The van der Waals surface area contributed by atoms with E-state index >= 15 is 0 Å². The van der Waals surface area contributed by atoms with Crippen molar-refractivity contribution in [1.82, 2.24) is 5.32 Å². The van der Waals surface area contributed by atoms with Gasteiger partial charge in [-0.15, -0.1) is 0 Å². The summed E-state index contributed by atoms with van der Waals surface area (Å²) >= 11 is 0. The number of aliphatic imine (C=N–C) groups is 1. The molecule has 1 aliphatic carbocycles. The second kappa shape index (κ2) is 12.7. The van der Waals surface area contributed by atoms with E-state index in [2.05, 4.69) is 17.2 Å². The summed E-state index contributed by atoms with van der Waals surface area (Å²) in [6.45, 7) is 2.56. The number of allylic oxidation sites excluding steroid dienone is 2. The lowest BCUT2D eigenvalue weighted by Gasteiger charge is -2.30. The summed E-state index contributed by atoms with van der Waals surface area (Å²) in [6.07, 6.45) is 7.89. The number of ether oxygens (including phenoxy) is 1. The highest BCUT2D eigenvalue weighted by Crippen LogP contribution is 2.30. The molecule has 0 bridgehead atoms. The first-order valence-corrected chi connectivity index (χ1v) is 12.1. The smallest absolute Gasteiger partial charge is 0.416 e. The second-order valence-corrected chi connectivity index (χ2v) is 8.83. The Kier molecular flexibility index (Phi) is 9.64. The van der Waals surface area contributed by atoms with Crippen molar-refractivity contribution in [2.45, 2.75) is 57.4 Å². The standard InChI is InChI=1S/C27H31F3N2O4/c1-2-3-4-24(19-5-7-20(8-6-19)26(35)31-16-15-25(33)34)36-22-13-14-23(32-17-22)18-9-11-21(12-10-18)27(28,29)30/h5,7-14,19,22,24H,2-4,6,15-17H2,1H3,(H,31,35)(H,33,34). The maximum Gasteiger partial charge on any atom is 0.416 e. The molecule has 1 aromatic rings. The number of benzene rings is 1. The van der Waals surface area contributed by atoms with Gasteiger partial charge in [0.2, 0.25) is 0 Å². The topological polar surface area (TPSA) is 88.0 Å². The van der Waals surface area contributed by atoms with Gasteiger partial charge in [-0.2, -0.15) is 13.2 Å². The normalized spacial score (nSPS) is 20.4. The van der Waals surface area contributed by atoms with Crippen LogP contribution in [0.4, 0.5) is 13.2 Å². The third-order valence-electron chi connectivity index (χ3n) is 6.11. The summed E-state index contributed by atoms with van der Waals surface area (Å²) in [5.41, 5.74) is 1.05. The molecule has 1 amide bonds. The van der Waals surface area contributed by atoms with Crippen molar-refractivity contribution in [3.63, 3.8) is 0 Å². The van der Waals surface area contributed by atoms with Gasteiger partial charge in [-0.3, -0.25) is 14.6 Å². The van der Waals surface area contributed by atoms with Crippen molar-refractivity contribution in [3.8, 4) is 0 Å². The molecular formula is C27H31F3N2O4. The lowest BCUT2D eigenvalue weighted by atomic mass is 9.89. The number of amides is 1. The highest BCUT2D eigenvalue weighted by Gasteiger charge is 2.30. The number of hydrogen-bond acceptors (Lipinski definition) is 4. The first-order valence-electron chi connectivity index (χ1n) is 12.1. The van der Waals surface area contributed by atoms with Crippen LogP contribution in [-0.2, 0) is 20.5 Å². The van der Waals surface area contributed by atoms with E-state index in [0.717, 1.165) is 31.4 Å². The Bertz CT molecular complexity index is 1040. The van der Waals surface area contributed by atoms with Gasteiger partial charge in [0.05, 0.1) is 36.4 Å². The van der Waals surface area contributed by atoms with E-state index in [-0.39, 0.29) is 37.0 Å². The van der Waals surface area contributed by atoms with Crippen LogP contribution in [0.5, 0.6) is 0 Å². The maximum atomic E-state index is 12.8. The Balaban J connectivity index is 1.56. The van der Waals surface area contributed by atoms with Crippen LogP contribution in [0.3, 0.4) is 0 Å². The molecule has 36 heavy (non-hydrogen) atoms. The van der Waals surface area contributed by atoms with Gasteiger partial charge in [-0.05, 0) is 36.6 Å². The van der Waals surface area contributed by atoms with Crippen LogP contribution in [-0.4, -0.2) is 48.0 Å². The molecule has 1 aromatic carbocycles. The van der Waals surface area contributed by atoms with Crippen molar-refractivity contribution in [2.24, 2.45) is 10.9 Å². The van der Waals surface area contributed by atoms with Crippen LogP contribution in [0, 0.1) is 5.92 Å². The fourth-order valence-corrected chi connectivity index (χ4v) is 4.09. The Labute approximate surface area is 208 Å². The van der Waals surface area contributed by atoms with E-state index in [1.54, 1.807) is 12.2 Å². The largest absolute Gasteiger partial charge is 0.481 e. The van der Waals surface area contributed by atoms with E-state index in [0.29, 0.717) is 29.8 Å². The first kappa shape index (κ1) is 27.4. The summed E-state index contributed by atoms with van der Waals surface area (Å²) in [7, 11) is 0. The van der Waals surface area contributed by atoms with Gasteiger partial charge in [0, 0.05) is 18.0 Å². The van der Waals surface area contributed by atoms with Crippen LogP contribution in [0.15, 0.2) is 65.2 Å². The molecule has 6 nitrogen and oxygen atoms in total. The number of alkyl halides is 3. The molecule has 194 valence electrons. The lowest BCUT2D eigenvalue weighted by Crippen LogP contribution is -2.32. The minimum absolute atomic E-state index is 0.0773. The Morgan fingerprint density at radius 3 is 2.50 bits per heavy atom. The summed E-state index contributed by atoms with van der Waals surface area (Å²) in [6, 6.07) is 4.95. The number of carbonyl (C=O) groups excluding carboxylic acids is 1. The van der Waals surface area contributed by atoms with Crippen molar-refractivity contribution >= 4 is 17.6 Å². The Morgan fingerprint density at radius 2 is 1.94 bits per heavy atom. The van der Waals surface area contributed by atoms with Crippen LogP contribution in [0.2, 0.25) is 0 Å². The van der Waals surface area contributed by atoms with Gasteiger partial charge in [-0.25, -0.2) is 0 Å². The summed E-state index contributed by atoms with van der Waals surface area (Å²) in [5.74, 6) is -1.18. The molecule has 0 spiro atoms. The number of rotatable bonds is 11. The number of dihydropyridines is 1. The summed E-state index contributed by atoms with van der Waals surface area (Å²) < 4.78 is 44.8. The predicted molar refractivity (Wildman–Crippen MR) is 131 cm³/mol. The van der Waals surface area contributed by atoms with Crippen LogP contribution < -0.4 is 5.32 Å². The van der Waals surface area contributed by atoms with Crippen molar-refractivity contribution in [3.05, 3.63) is 71.3 Å². The monoisotopic (exact) mass is 504 g/mol. The zero-order valence-corrected chi connectivity index (χ0v) is 20.1. The molecule has 3 atom stereocenters. The van der Waals surface area contributed by atoms with E-state index in [9.17, 15) is 22.8 Å². The molecule has 1 aliphatic heterocycles. The van der Waals surface area contributed by atoms with Crippen LogP contribution >= 0.6 is 0 Å². The Hall–Kier alpha value is -3.20. The second-order valence-electron chi connectivity index (χ2n) is 8.83. The Morgan fingerprint density at radius 1 is 1.19 bits per heavy atom. The number of carbonyl (C=O) groups is 2. The van der Waals surface area contributed by atoms with E-state index in [1.165, 1.54) is 12.1 Å². The number of halogens is 3. The fourth-order valence-electron chi connectivity index (χ4n) is 4.09. The van der Waals surface area contributed by atoms with Crippen molar-refractivity contribution in [1.29, 1.82) is 0 Å². The number of unbranched alkanes of at least 4 members (excludes halogenated alkanes) is 1. The van der Waals surface area contributed by atoms with Gasteiger partial charge in [0.1, 0.15) is 0 Å². The maximum absolute atomic E-state index is 12.8. The third-order valence-corrected chi connectivity index (χ3v) is 6.11. The van der Waals surface area contributed by atoms with Gasteiger partial charge >= 0.3 is 12.1 Å². The first-order chi connectivity index (χ1) is 17.2. The van der Waals surface area contributed by atoms with E-state index < -0.39 is 17.7 Å². The number of hydrogen-bond donors (Lipinski definition) is 2. The minimum atomic E-state index is -4.37. The number of nitrogens with one attached hydrogen (secondary N) is 1. The molecule has 0 fully saturated rings. The average Bonchev–Trinajstić information content (AvgIpc) is 2.86. The number of nitrogens with zero attached hydrogens (tertiary/aromatic N) is 1. The predicted octanol–water partition coefficient (Wildman–Crippen LogP) is 5.10. The molecule has 1 heterocycles. The van der Waals surface area contributed by atoms with E-state index in [4.69, 9.17) is 9.84 Å². The van der Waals surface area contributed by atoms with Gasteiger partial charge in [0.15, 0.2) is 0 Å². The summed E-state index contributed by atoms with van der Waals surface area (Å²) in [4.78, 5) is 27.4. The van der Waals surface area contributed by atoms with Crippen molar-refractivity contribution < 1.29 is 32.6 Å². The molecule has 0 radical (unpaired) electrons. The van der Waals surface area contributed by atoms with E-state index in [1.807, 2.05) is 18.2 Å². The van der Waals surface area contributed by atoms with Gasteiger partial charge < -0.3 is 15.2 Å². The third kappa shape index (κ3) is 7.91. The number of carboxylic acids is 1. The SMILES string of the molecule is CCCCC(OC1C=CC(c2ccc(C(F)(F)F)cc2)=NC1)C1C=CC(C(=O)NCCC(=O)O)=CC1. The molecule has 2 aliphatic rings. The van der Waals surface area contributed by atoms with Crippen LogP contribution in [0.25, 0.3) is 0 Å². The summed E-state index contributed by atoms with van der Waals surface area (Å²) in [5, 5.41) is 11.3. The highest BCUT2D eigenvalue weighted by molar-refractivity contribution is 6.09. The van der Waals surface area contributed by atoms with Crippen LogP contribution in [0.1, 0.15) is 50.2 Å². The van der Waals surface area contributed by atoms with Gasteiger partial charge in [0.25, 0.3) is 5.91 Å². The minimum Gasteiger partial charge on any atom is -0.481 e. The zero-order chi connectivity index (χ0) is 26.1. The molecule has 0 saturated heterocycles. The molecule has 0 saturated carbocycles. The zero-order valence-electron chi connectivity index (χ0n) is 20.1. The molecule has 2 N–H and O–H groups in total. The molecule has 3 rings (SSSR count). The molecule has 3 unspecified atom stereocenters. The number of carboxylic acid groups (broad SMARTS) is 1. The van der Waals surface area contributed by atoms with Gasteiger partial charge in [-0.1, -0.05) is 56.2 Å². The fraction of sp³-hybridized carbons (Fsp3) is 0.444. The molecule has 0 aromatic heterocycles. The quantitative estimate of drug-likeness (QED) is 0.439.